The lowest BCUT2D eigenvalue weighted by Crippen LogP contribution is -2.16. The summed E-state index contributed by atoms with van der Waals surface area (Å²) in [6.45, 7) is 7.54. The van der Waals surface area contributed by atoms with Gasteiger partial charge in [0.15, 0.2) is 0 Å². The van der Waals surface area contributed by atoms with Gasteiger partial charge in [-0.05, 0) is 57.0 Å². The fourth-order valence-corrected chi connectivity index (χ4v) is 3.44. The maximum Gasteiger partial charge on any atom is 0.122 e. The van der Waals surface area contributed by atoms with Crippen LogP contribution in [0, 0.1) is 13.8 Å². The number of ether oxygens (including phenoxy) is 1. The number of para-hydroxylation sites is 1. The van der Waals surface area contributed by atoms with E-state index in [1.54, 1.807) is 0 Å². The lowest BCUT2D eigenvalue weighted by Gasteiger charge is -2.20. The first-order valence-corrected chi connectivity index (χ1v) is 8.63. The molecule has 0 aliphatic carbocycles. The van der Waals surface area contributed by atoms with E-state index in [1.807, 2.05) is 6.92 Å². The molecule has 3 nitrogen and oxygen atoms in total. The number of nitrogens with two attached hydrogens (primary N) is 1. The Hall–Kier alpha value is -2.26. The minimum atomic E-state index is 0.240. The number of fused-ring (bicyclic) bond motifs is 1. The Kier molecular flexibility index (Phi) is 4.91. The summed E-state index contributed by atoms with van der Waals surface area (Å²) in [5.74, 6) is 1.19. The monoisotopic (exact) mass is 322 g/mol. The number of benzene rings is 2. The molecular weight excluding hydrogens is 296 g/mol. The predicted molar refractivity (Wildman–Crippen MR) is 101 cm³/mol. The molecular formula is C21H26N2O. The van der Waals surface area contributed by atoms with E-state index in [-0.39, 0.29) is 5.92 Å². The van der Waals surface area contributed by atoms with Gasteiger partial charge in [-0.25, -0.2) is 0 Å². The van der Waals surface area contributed by atoms with Crippen molar-refractivity contribution in [1.29, 1.82) is 0 Å². The van der Waals surface area contributed by atoms with Gasteiger partial charge in [-0.3, -0.25) is 0 Å². The van der Waals surface area contributed by atoms with Gasteiger partial charge in [0.1, 0.15) is 5.75 Å². The number of hydrogen-bond acceptors (Lipinski definition) is 2. The highest BCUT2D eigenvalue weighted by Crippen LogP contribution is 2.33. The number of aryl methyl sites for hydroxylation is 2. The second kappa shape index (κ2) is 7.10. The van der Waals surface area contributed by atoms with Crippen LogP contribution < -0.4 is 10.5 Å². The highest BCUT2D eigenvalue weighted by atomic mass is 16.5. The minimum absolute atomic E-state index is 0.240. The molecule has 3 aromatic rings. The molecule has 0 saturated heterocycles. The molecule has 3 rings (SSSR count). The van der Waals surface area contributed by atoms with E-state index in [4.69, 9.17) is 10.5 Å². The lowest BCUT2D eigenvalue weighted by atomic mass is 9.89. The fraction of sp³-hybridized carbons (Fsp3) is 0.333. The van der Waals surface area contributed by atoms with Gasteiger partial charge in [0, 0.05) is 22.5 Å². The number of aromatic amines is 1. The summed E-state index contributed by atoms with van der Waals surface area (Å²) in [5, 5.41) is 1.29. The van der Waals surface area contributed by atoms with Crippen LogP contribution in [0.25, 0.3) is 10.9 Å². The van der Waals surface area contributed by atoms with Crippen molar-refractivity contribution in [2.75, 3.05) is 13.2 Å². The van der Waals surface area contributed by atoms with Crippen molar-refractivity contribution in [3.05, 3.63) is 64.8 Å². The van der Waals surface area contributed by atoms with Gasteiger partial charge in [0.05, 0.1) is 6.61 Å². The molecule has 0 amide bonds. The number of nitrogens with one attached hydrogen (secondary N) is 1. The molecule has 0 aliphatic rings. The third-order valence-corrected chi connectivity index (χ3v) is 4.67. The Morgan fingerprint density at radius 1 is 1.12 bits per heavy atom. The molecule has 3 heteroatoms. The van der Waals surface area contributed by atoms with E-state index in [9.17, 15) is 0 Å². The van der Waals surface area contributed by atoms with Gasteiger partial charge in [0.2, 0.25) is 0 Å². The summed E-state index contributed by atoms with van der Waals surface area (Å²) in [4.78, 5) is 3.49. The molecule has 1 aromatic heterocycles. The summed E-state index contributed by atoms with van der Waals surface area (Å²) >= 11 is 0. The molecule has 1 heterocycles. The van der Waals surface area contributed by atoms with Crippen molar-refractivity contribution in [1.82, 2.24) is 4.98 Å². The Morgan fingerprint density at radius 2 is 1.92 bits per heavy atom. The predicted octanol–water partition coefficient (Wildman–Crippen LogP) is 4.47. The summed E-state index contributed by atoms with van der Waals surface area (Å²) in [5.41, 5.74) is 12.4. The first kappa shape index (κ1) is 16.6. The first-order valence-electron chi connectivity index (χ1n) is 8.63. The first-order chi connectivity index (χ1) is 11.6. The van der Waals surface area contributed by atoms with Crippen molar-refractivity contribution >= 4 is 10.9 Å². The van der Waals surface area contributed by atoms with Crippen LogP contribution in [0.15, 0.2) is 42.5 Å². The smallest absolute Gasteiger partial charge is 0.122 e. The number of H-pyrrole nitrogens is 1. The molecule has 0 saturated carbocycles. The normalized spacial score (nSPS) is 12.5. The van der Waals surface area contributed by atoms with Crippen LogP contribution in [0.5, 0.6) is 5.75 Å². The largest absolute Gasteiger partial charge is 0.494 e. The standard InChI is InChI=1S/C21H26N2O/c1-4-24-21-10-9-14(2)11-19(21)16(13-22)12-18-15(3)23-20-8-6-5-7-17(18)20/h5-11,16,23H,4,12-13,22H2,1-3H3. The molecule has 0 fully saturated rings. The summed E-state index contributed by atoms with van der Waals surface area (Å²) in [6, 6.07) is 14.8. The zero-order chi connectivity index (χ0) is 17.1. The molecule has 24 heavy (non-hydrogen) atoms. The zero-order valence-electron chi connectivity index (χ0n) is 14.7. The van der Waals surface area contributed by atoms with Crippen LogP contribution in [0.2, 0.25) is 0 Å². The van der Waals surface area contributed by atoms with E-state index in [1.165, 1.54) is 33.3 Å². The van der Waals surface area contributed by atoms with Crippen LogP contribution in [0.1, 0.15) is 35.2 Å². The van der Waals surface area contributed by atoms with E-state index in [2.05, 4.69) is 61.3 Å². The highest BCUT2D eigenvalue weighted by molar-refractivity contribution is 5.84. The van der Waals surface area contributed by atoms with E-state index in [0.29, 0.717) is 13.2 Å². The molecule has 1 atom stereocenters. The highest BCUT2D eigenvalue weighted by Gasteiger charge is 2.19. The van der Waals surface area contributed by atoms with Crippen LogP contribution >= 0.6 is 0 Å². The van der Waals surface area contributed by atoms with E-state index >= 15 is 0 Å². The van der Waals surface area contributed by atoms with Crippen molar-refractivity contribution in [3.8, 4) is 5.75 Å². The zero-order valence-corrected chi connectivity index (χ0v) is 14.7. The molecule has 0 spiro atoms. The van der Waals surface area contributed by atoms with Crippen LogP contribution in [-0.4, -0.2) is 18.1 Å². The minimum Gasteiger partial charge on any atom is -0.494 e. The fourth-order valence-electron chi connectivity index (χ4n) is 3.44. The number of rotatable bonds is 6. The molecule has 126 valence electrons. The molecule has 2 aromatic carbocycles. The summed E-state index contributed by atoms with van der Waals surface area (Å²) in [7, 11) is 0. The Balaban J connectivity index is 2.00. The third-order valence-electron chi connectivity index (χ3n) is 4.67. The Morgan fingerprint density at radius 3 is 2.67 bits per heavy atom. The molecule has 0 bridgehead atoms. The van der Waals surface area contributed by atoms with Crippen LogP contribution in [0.3, 0.4) is 0 Å². The molecule has 3 N–H and O–H groups in total. The number of aromatic nitrogens is 1. The van der Waals surface area contributed by atoms with Crippen molar-refractivity contribution in [3.63, 3.8) is 0 Å². The maximum atomic E-state index is 6.16. The van der Waals surface area contributed by atoms with Crippen LogP contribution in [-0.2, 0) is 6.42 Å². The summed E-state index contributed by atoms with van der Waals surface area (Å²) < 4.78 is 5.85. The van der Waals surface area contributed by atoms with Gasteiger partial charge in [0.25, 0.3) is 0 Å². The maximum absolute atomic E-state index is 6.16. The van der Waals surface area contributed by atoms with Crippen LogP contribution in [0.4, 0.5) is 0 Å². The van der Waals surface area contributed by atoms with E-state index in [0.717, 1.165) is 12.2 Å². The van der Waals surface area contributed by atoms with Gasteiger partial charge < -0.3 is 15.5 Å². The lowest BCUT2D eigenvalue weighted by molar-refractivity contribution is 0.334. The van der Waals surface area contributed by atoms with Gasteiger partial charge in [-0.1, -0.05) is 35.9 Å². The second-order valence-corrected chi connectivity index (χ2v) is 6.39. The number of hydrogen-bond donors (Lipinski definition) is 2. The Labute approximate surface area is 143 Å². The topological polar surface area (TPSA) is 51.0 Å². The Bertz CT molecular complexity index is 835. The van der Waals surface area contributed by atoms with Crippen molar-refractivity contribution < 1.29 is 4.74 Å². The molecule has 0 radical (unpaired) electrons. The SMILES string of the molecule is CCOc1ccc(C)cc1C(CN)Cc1c(C)[nH]c2ccccc12. The van der Waals surface area contributed by atoms with Crippen molar-refractivity contribution in [2.45, 2.75) is 33.1 Å². The average Bonchev–Trinajstić information content (AvgIpc) is 2.90. The quantitative estimate of drug-likeness (QED) is 0.703. The van der Waals surface area contributed by atoms with Gasteiger partial charge >= 0.3 is 0 Å². The average molecular weight is 322 g/mol. The third kappa shape index (κ3) is 3.17. The summed E-state index contributed by atoms with van der Waals surface area (Å²) in [6.07, 6.45) is 0.913. The van der Waals surface area contributed by atoms with E-state index < -0.39 is 0 Å². The molecule has 1 unspecified atom stereocenters. The van der Waals surface area contributed by atoms with Crippen molar-refractivity contribution in [2.24, 2.45) is 5.73 Å². The molecule has 0 aliphatic heterocycles. The van der Waals surface area contributed by atoms with Gasteiger partial charge in [-0.2, -0.15) is 0 Å². The van der Waals surface area contributed by atoms with Gasteiger partial charge in [-0.15, -0.1) is 0 Å². The second-order valence-electron chi connectivity index (χ2n) is 6.39.